The number of hydrogen-bond acceptors (Lipinski definition) is 6. The van der Waals surface area contributed by atoms with Gasteiger partial charge in [0.15, 0.2) is 0 Å². The maximum absolute atomic E-state index is 12.9. The van der Waals surface area contributed by atoms with Crippen LogP contribution in [0.5, 0.6) is 0 Å². The Morgan fingerprint density at radius 3 is 2.48 bits per heavy atom. The van der Waals surface area contributed by atoms with E-state index in [2.05, 4.69) is 15.3 Å². The SMILES string of the molecule is Cc1cc(Nc2nc(C)cc(C)n2)cc([C@H]2CN(C(=O)CC3CCCCC3)CCO2)n1. The highest BCUT2D eigenvalue weighted by Gasteiger charge is 2.28. The van der Waals surface area contributed by atoms with Crippen LogP contribution in [0.25, 0.3) is 0 Å². The zero-order chi connectivity index (χ0) is 21.8. The topological polar surface area (TPSA) is 80.2 Å². The molecule has 4 rings (SSSR count). The molecule has 3 heterocycles. The molecule has 1 aliphatic heterocycles. The van der Waals surface area contributed by atoms with Crippen molar-refractivity contribution in [3.63, 3.8) is 0 Å². The molecule has 0 unspecified atom stereocenters. The van der Waals surface area contributed by atoms with Gasteiger partial charge in [-0.2, -0.15) is 0 Å². The second kappa shape index (κ2) is 9.73. The minimum atomic E-state index is -0.218. The van der Waals surface area contributed by atoms with E-state index in [4.69, 9.17) is 9.72 Å². The molecule has 166 valence electrons. The van der Waals surface area contributed by atoms with Crippen LogP contribution in [0.2, 0.25) is 0 Å². The number of morpholine rings is 1. The molecule has 0 spiro atoms. The molecule has 1 N–H and O–H groups in total. The average Bonchev–Trinajstić information content (AvgIpc) is 2.73. The fourth-order valence-corrected chi connectivity index (χ4v) is 4.66. The molecule has 2 aromatic heterocycles. The van der Waals surface area contributed by atoms with Crippen molar-refractivity contribution in [2.75, 3.05) is 25.0 Å². The standard InChI is InChI=1S/C24H33N5O2/c1-16-11-17(2)27-24(26-16)28-20-12-18(3)25-21(14-20)22-15-29(9-10-31-22)23(30)13-19-7-5-4-6-8-19/h11-12,14,19,22H,4-10,13,15H2,1-3H3,(H,25,26,27,28)/t22-/m1/s1. The first kappa shape index (κ1) is 21.7. The number of carbonyl (C=O) groups excluding carboxylic acids is 1. The molecule has 2 fully saturated rings. The molecule has 1 saturated heterocycles. The minimum Gasteiger partial charge on any atom is -0.368 e. The predicted molar refractivity (Wildman–Crippen MR) is 120 cm³/mol. The average molecular weight is 424 g/mol. The van der Waals surface area contributed by atoms with Gasteiger partial charge in [-0.3, -0.25) is 9.78 Å². The molecule has 0 aromatic carbocycles. The van der Waals surface area contributed by atoms with Crippen LogP contribution in [0, 0.1) is 26.7 Å². The summed E-state index contributed by atoms with van der Waals surface area (Å²) in [7, 11) is 0. The second-order valence-corrected chi connectivity index (χ2v) is 8.93. The summed E-state index contributed by atoms with van der Waals surface area (Å²) in [4.78, 5) is 28.5. The maximum atomic E-state index is 12.9. The number of hydrogen-bond donors (Lipinski definition) is 1. The molecule has 0 bridgehead atoms. The summed E-state index contributed by atoms with van der Waals surface area (Å²) < 4.78 is 6.02. The number of ether oxygens (including phenoxy) is 1. The zero-order valence-electron chi connectivity index (χ0n) is 18.9. The lowest BCUT2D eigenvalue weighted by Crippen LogP contribution is -2.43. The summed E-state index contributed by atoms with van der Waals surface area (Å²) in [6, 6.07) is 5.90. The van der Waals surface area contributed by atoms with Crippen LogP contribution < -0.4 is 5.32 Å². The molecule has 2 aromatic rings. The van der Waals surface area contributed by atoms with Crippen molar-refractivity contribution in [3.8, 4) is 0 Å². The molecule has 7 heteroatoms. The van der Waals surface area contributed by atoms with E-state index in [0.717, 1.165) is 28.5 Å². The Morgan fingerprint density at radius 1 is 1.03 bits per heavy atom. The van der Waals surface area contributed by atoms with Crippen LogP contribution in [0.1, 0.15) is 67.4 Å². The first-order chi connectivity index (χ1) is 15.0. The highest BCUT2D eigenvalue weighted by Crippen LogP contribution is 2.29. The van der Waals surface area contributed by atoms with E-state index in [1.54, 1.807) is 0 Å². The van der Waals surface area contributed by atoms with Gasteiger partial charge in [-0.1, -0.05) is 19.3 Å². The maximum Gasteiger partial charge on any atom is 0.227 e. The van der Waals surface area contributed by atoms with Crippen molar-refractivity contribution in [1.29, 1.82) is 0 Å². The second-order valence-electron chi connectivity index (χ2n) is 8.93. The summed E-state index contributed by atoms with van der Waals surface area (Å²) in [5, 5.41) is 3.30. The third-order valence-electron chi connectivity index (χ3n) is 6.15. The Balaban J connectivity index is 1.45. The summed E-state index contributed by atoms with van der Waals surface area (Å²) in [5.41, 5.74) is 4.44. The van der Waals surface area contributed by atoms with Gasteiger partial charge in [0, 0.05) is 35.7 Å². The normalized spacial score (nSPS) is 20.0. The predicted octanol–water partition coefficient (Wildman–Crippen LogP) is 4.41. The molecule has 1 atom stereocenters. The third kappa shape index (κ3) is 5.79. The van der Waals surface area contributed by atoms with Gasteiger partial charge in [-0.25, -0.2) is 9.97 Å². The van der Waals surface area contributed by atoms with Gasteiger partial charge >= 0.3 is 0 Å². The Morgan fingerprint density at radius 2 is 1.74 bits per heavy atom. The van der Waals surface area contributed by atoms with E-state index in [1.807, 2.05) is 43.9 Å². The van der Waals surface area contributed by atoms with Crippen LogP contribution in [0.3, 0.4) is 0 Å². The lowest BCUT2D eigenvalue weighted by Gasteiger charge is -2.34. The summed E-state index contributed by atoms with van der Waals surface area (Å²) in [5.74, 6) is 1.38. The van der Waals surface area contributed by atoms with Crippen molar-refractivity contribution >= 4 is 17.5 Å². The largest absolute Gasteiger partial charge is 0.368 e. The van der Waals surface area contributed by atoms with E-state index >= 15 is 0 Å². The van der Waals surface area contributed by atoms with Gasteiger partial charge in [-0.05, 0) is 57.7 Å². The highest BCUT2D eigenvalue weighted by atomic mass is 16.5. The summed E-state index contributed by atoms with van der Waals surface area (Å²) >= 11 is 0. The van der Waals surface area contributed by atoms with E-state index < -0.39 is 0 Å². The molecule has 2 aliphatic rings. The monoisotopic (exact) mass is 423 g/mol. The molecule has 0 radical (unpaired) electrons. The van der Waals surface area contributed by atoms with Gasteiger partial charge in [0.05, 0.1) is 18.8 Å². The van der Waals surface area contributed by atoms with E-state index in [1.165, 1.54) is 32.1 Å². The summed E-state index contributed by atoms with van der Waals surface area (Å²) in [6.45, 7) is 7.64. The van der Waals surface area contributed by atoms with Gasteiger partial charge in [0.2, 0.25) is 11.9 Å². The highest BCUT2D eigenvalue weighted by molar-refractivity contribution is 5.76. The molecular formula is C24H33N5O2. The van der Waals surface area contributed by atoms with E-state index in [-0.39, 0.29) is 12.0 Å². The number of anilines is 2. The first-order valence-corrected chi connectivity index (χ1v) is 11.4. The number of pyridine rings is 1. The zero-order valence-corrected chi connectivity index (χ0v) is 18.9. The Bertz CT molecular complexity index is 906. The number of nitrogens with zero attached hydrogens (tertiary/aromatic N) is 4. The Labute approximate surface area is 184 Å². The van der Waals surface area contributed by atoms with Crippen molar-refractivity contribution < 1.29 is 9.53 Å². The fraction of sp³-hybridized carbons (Fsp3) is 0.583. The number of carbonyl (C=O) groups is 1. The van der Waals surface area contributed by atoms with Gasteiger partial charge in [0.1, 0.15) is 6.10 Å². The van der Waals surface area contributed by atoms with Crippen molar-refractivity contribution in [2.45, 2.75) is 65.4 Å². The van der Waals surface area contributed by atoms with Crippen LogP contribution in [-0.4, -0.2) is 45.5 Å². The Hall–Kier alpha value is -2.54. The van der Waals surface area contributed by atoms with Crippen LogP contribution in [0.15, 0.2) is 18.2 Å². The lowest BCUT2D eigenvalue weighted by atomic mass is 9.86. The Kier molecular flexibility index (Phi) is 6.80. The van der Waals surface area contributed by atoms with Crippen molar-refractivity contribution in [3.05, 3.63) is 41.0 Å². The molecular weight excluding hydrogens is 390 g/mol. The van der Waals surface area contributed by atoms with Gasteiger partial charge in [0.25, 0.3) is 0 Å². The fourth-order valence-electron chi connectivity index (χ4n) is 4.66. The van der Waals surface area contributed by atoms with E-state index in [0.29, 0.717) is 38.0 Å². The number of rotatable bonds is 5. The molecule has 7 nitrogen and oxygen atoms in total. The first-order valence-electron chi connectivity index (χ1n) is 11.4. The number of amides is 1. The number of nitrogens with one attached hydrogen (secondary N) is 1. The lowest BCUT2D eigenvalue weighted by molar-refractivity contribution is -0.140. The van der Waals surface area contributed by atoms with Gasteiger partial charge < -0.3 is 15.0 Å². The summed E-state index contributed by atoms with van der Waals surface area (Å²) in [6.07, 6.45) is 6.67. The smallest absolute Gasteiger partial charge is 0.227 e. The number of aromatic nitrogens is 3. The van der Waals surface area contributed by atoms with Gasteiger partial charge in [-0.15, -0.1) is 0 Å². The van der Waals surface area contributed by atoms with Crippen molar-refractivity contribution in [2.24, 2.45) is 5.92 Å². The van der Waals surface area contributed by atoms with Crippen LogP contribution >= 0.6 is 0 Å². The molecule has 1 amide bonds. The van der Waals surface area contributed by atoms with Crippen LogP contribution in [-0.2, 0) is 9.53 Å². The van der Waals surface area contributed by atoms with Crippen molar-refractivity contribution in [1.82, 2.24) is 19.9 Å². The minimum absolute atomic E-state index is 0.218. The molecule has 1 saturated carbocycles. The third-order valence-corrected chi connectivity index (χ3v) is 6.15. The molecule has 31 heavy (non-hydrogen) atoms. The van der Waals surface area contributed by atoms with Crippen LogP contribution in [0.4, 0.5) is 11.6 Å². The molecule has 1 aliphatic carbocycles. The number of aryl methyl sites for hydroxylation is 3. The van der Waals surface area contributed by atoms with E-state index in [9.17, 15) is 4.79 Å². The quantitative estimate of drug-likeness (QED) is 0.767.